The van der Waals surface area contributed by atoms with Crippen molar-refractivity contribution in [2.45, 2.75) is 58.4 Å². The SMILES string of the molecule is COc1ccc(CC(=O)Nc2ccc(C(=O)N(CC(=O)O)Cc3ccc(-c4ncc(C5=CCC(c6ccc(CC(C)C)cc6)CC5)cn4)cc3)cc2)cc1. The van der Waals surface area contributed by atoms with E-state index in [1.165, 1.54) is 21.6 Å². The number of carbonyl (C=O) groups is 3. The van der Waals surface area contributed by atoms with Crippen molar-refractivity contribution in [3.8, 4) is 17.1 Å². The highest BCUT2D eigenvalue weighted by atomic mass is 16.5. The molecule has 0 bridgehead atoms. The topological polar surface area (TPSA) is 122 Å². The number of hydrogen-bond acceptors (Lipinski definition) is 6. The Hall–Kier alpha value is -6.09. The molecule has 0 aliphatic heterocycles. The number of anilines is 1. The van der Waals surface area contributed by atoms with Crippen LogP contribution in [0.5, 0.6) is 5.75 Å². The smallest absolute Gasteiger partial charge is 0.323 e. The van der Waals surface area contributed by atoms with Crippen LogP contribution in [0.4, 0.5) is 5.69 Å². The standard InChI is InChI=1S/C45H46N4O5/c1-30(2)24-31-4-10-34(11-5-31)35-14-16-36(17-15-35)39-26-46-44(47-27-39)37-12-6-33(7-13-37)28-49(29-43(51)52)45(53)38-18-20-40(21-19-38)48-42(50)25-32-8-22-41(54-3)23-9-32/h4-13,16,18-23,26-27,30,35H,14-15,17,24-25,28-29H2,1-3H3,(H,48,50)(H,51,52). The maximum atomic E-state index is 13.4. The minimum atomic E-state index is -1.12. The van der Waals surface area contributed by atoms with Gasteiger partial charge in [0, 0.05) is 41.3 Å². The number of carboxylic acid groups (broad SMARTS) is 1. The number of benzene rings is 4. The van der Waals surface area contributed by atoms with Crippen LogP contribution in [0.3, 0.4) is 0 Å². The van der Waals surface area contributed by atoms with Crippen LogP contribution in [-0.2, 0) is 29.0 Å². The summed E-state index contributed by atoms with van der Waals surface area (Å²) in [5, 5.41) is 12.4. The van der Waals surface area contributed by atoms with Gasteiger partial charge >= 0.3 is 5.97 Å². The molecule has 2 N–H and O–H groups in total. The van der Waals surface area contributed by atoms with Crippen LogP contribution in [0.1, 0.15) is 77.2 Å². The first kappa shape index (κ1) is 37.7. The van der Waals surface area contributed by atoms with Gasteiger partial charge in [-0.15, -0.1) is 0 Å². The number of aliphatic carboxylic acids is 1. The maximum absolute atomic E-state index is 13.4. The van der Waals surface area contributed by atoms with E-state index in [0.717, 1.165) is 47.9 Å². The van der Waals surface area contributed by atoms with E-state index in [4.69, 9.17) is 4.74 Å². The maximum Gasteiger partial charge on any atom is 0.323 e. The summed E-state index contributed by atoms with van der Waals surface area (Å²) in [5.41, 5.74) is 8.38. The number of amides is 2. The predicted molar refractivity (Wildman–Crippen MR) is 211 cm³/mol. The van der Waals surface area contributed by atoms with Crippen molar-refractivity contribution in [1.29, 1.82) is 0 Å². The average Bonchev–Trinajstić information content (AvgIpc) is 3.18. The van der Waals surface area contributed by atoms with Crippen LogP contribution in [0.15, 0.2) is 116 Å². The number of methoxy groups -OCH3 is 1. The van der Waals surface area contributed by atoms with Gasteiger partial charge in [-0.2, -0.15) is 0 Å². The van der Waals surface area contributed by atoms with Gasteiger partial charge < -0.3 is 20.1 Å². The molecule has 54 heavy (non-hydrogen) atoms. The van der Waals surface area contributed by atoms with Crippen molar-refractivity contribution in [1.82, 2.24) is 14.9 Å². The lowest BCUT2D eigenvalue weighted by Gasteiger charge is -2.23. The lowest BCUT2D eigenvalue weighted by molar-refractivity contribution is -0.137. The third-order valence-electron chi connectivity index (χ3n) is 9.67. The summed E-state index contributed by atoms with van der Waals surface area (Å²) in [4.78, 5) is 48.3. The molecule has 1 aromatic heterocycles. The molecule has 1 heterocycles. The molecule has 4 aromatic carbocycles. The molecule has 0 saturated carbocycles. The molecular weight excluding hydrogens is 677 g/mol. The first-order chi connectivity index (χ1) is 26.1. The van der Waals surface area contributed by atoms with E-state index in [0.29, 0.717) is 34.7 Å². The molecule has 0 fully saturated rings. The van der Waals surface area contributed by atoms with Crippen molar-refractivity contribution >= 4 is 29.0 Å². The predicted octanol–water partition coefficient (Wildman–Crippen LogP) is 8.61. The first-order valence-electron chi connectivity index (χ1n) is 18.4. The molecule has 9 heteroatoms. The van der Waals surface area contributed by atoms with E-state index in [1.54, 1.807) is 43.5 Å². The fraction of sp³-hybridized carbons (Fsp3) is 0.267. The highest BCUT2D eigenvalue weighted by molar-refractivity contribution is 5.97. The minimum absolute atomic E-state index is 0.1000. The molecule has 9 nitrogen and oxygen atoms in total. The molecule has 1 aliphatic carbocycles. The summed E-state index contributed by atoms with van der Waals surface area (Å²) in [6.45, 7) is 4.13. The number of ether oxygens (including phenoxy) is 1. The summed E-state index contributed by atoms with van der Waals surface area (Å²) in [6.07, 6.45) is 10.5. The highest BCUT2D eigenvalue weighted by Gasteiger charge is 2.21. The van der Waals surface area contributed by atoms with Crippen LogP contribution >= 0.6 is 0 Å². The molecular formula is C45H46N4O5. The second-order valence-electron chi connectivity index (χ2n) is 14.2. The zero-order valence-electron chi connectivity index (χ0n) is 31.0. The molecule has 0 radical (unpaired) electrons. The van der Waals surface area contributed by atoms with E-state index in [9.17, 15) is 19.5 Å². The Kier molecular flexibility index (Phi) is 12.3. The van der Waals surface area contributed by atoms with E-state index in [1.807, 2.05) is 48.8 Å². The van der Waals surface area contributed by atoms with Crippen LogP contribution in [0.2, 0.25) is 0 Å². The average molecular weight is 723 g/mol. The number of nitrogens with one attached hydrogen (secondary N) is 1. The Morgan fingerprint density at radius 1 is 0.833 bits per heavy atom. The van der Waals surface area contributed by atoms with Gasteiger partial charge in [0.1, 0.15) is 12.3 Å². The number of aromatic nitrogens is 2. The zero-order chi connectivity index (χ0) is 38.0. The second-order valence-corrected chi connectivity index (χ2v) is 14.2. The Morgan fingerprint density at radius 3 is 2.07 bits per heavy atom. The largest absolute Gasteiger partial charge is 0.497 e. The highest BCUT2D eigenvalue weighted by Crippen LogP contribution is 2.36. The van der Waals surface area contributed by atoms with Gasteiger partial charge in [-0.05, 0) is 102 Å². The fourth-order valence-electron chi connectivity index (χ4n) is 6.79. The van der Waals surface area contributed by atoms with Crippen molar-refractivity contribution in [2.75, 3.05) is 19.0 Å². The van der Waals surface area contributed by atoms with Crippen molar-refractivity contribution in [3.63, 3.8) is 0 Å². The van der Waals surface area contributed by atoms with Gasteiger partial charge in [-0.25, -0.2) is 9.97 Å². The van der Waals surface area contributed by atoms with Crippen molar-refractivity contribution < 1.29 is 24.2 Å². The zero-order valence-corrected chi connectivity index (χ0v) is 31.0. The fourth-order valence-corrected chi connectivity index (χ4v) is 6.79. The summed E-state index contributed by atoms with van der Waals surface area (Å²) in [6, 6.07) is 30.3. The van der Waals surface area contributed by atoms with Gasteiger partial charge in [0.15, 0.2) is 5.82 Å². The number of rotatable bonds is 14. The van der Waals surface area contributed by atoms with Gasteiger partial charge in [-0.1, -0.05) is 80.6 Å². The summed E-state index contributed by atoms with van der Waals surface area (Å²) in [7, 11) is 1.59. The molecule has 2 amide bonds. The Morgan fingerprint density at radius 2 is 1.48 bits per heavy atom. The second kappa shape index (κ2) is 17.6. The third-order valence-corrected chi connectivity index (χ3v) is 9.67. The molecule has 1 unspecified atom stereocenters. The van der Waals surface area contributed by atoms with Crippen molar-refractivity contribution in [3.05, 3.63) is 149 Å². The van der Waals surface area contributed by atoms with Gasteiger partial charge in [0.05, 0.1) is 13.5 Å². The van der Waals surface area contributed by atoms with E-state index in [2.05, 4.69) is 59.5 Å². The summed E-state index contributed by atoms with van der Waals surface area (Å²) in [5.74, 6) is 0.737. The quantitative estimate of drug-likeness (QED) is 0.118. The van der Waals surface area contributed by atoms with Crippen LogP contribution in [0, 0.1) is 5.92 Å². The lowest BCUT2D eigenvalue weighted by atomic mass is 9.83. The van der Waals surface area contributed by atoms with Crippen LogP contribution < -0.4 is 10.1 Å². The van der Waals surface area contributed by atoms with Crippen LogP contribution in [-0.4, -0.2) is 51.4 Å². The molecule has 1 atom stereocenters. The Bertz CT molecular complexity index is 2070. The molecule has 0 spiro atoms. The lowest BCUT2D eigenvalue weighted by Crippen LogP contribution is -2.35. The number of hydrogen-bond donors (Lipinski definition) is 2. The molecule has 5 aromatic rings. The molecule has 6 rings (SSSR count). The van der Waals surface area contributed by atoms with Gasteiger partial charge in [0.25, 0.3) is 5.91 Å². The molecule has 276 valence electrons. The van der Waals surface area contributed by atoms with E-state index >= 15 is 0 Å². The summed E-state index contributed by atoms with van der Waals surface area (Å²) >= 11 is 0. The Balaban J connectivity index is 1.04. The van der Waals surface area contributed by atoms with Gasteiger partial charge in [0.2, 0.25) is 5.91 Å². The first-order valence-corrected chi connectivity index (χ1v) is 18.4. The summed E-state index contributed by atoms with van der Waals surface area (Å²) < 4.78 is 5.16. The molecule has 1 aliphatic rings. The third kappa shape index (κ3) is 10.1. The normalized spacial score (nSPS) is 13.9. The number of allylic oxidation sites excluding steroid dienone is 2. The van der Waals surface area contributed by atoms with Crippen molar-refractivity contribution in [2.24, 2.45) is 5.92 Å². The van der Waals surface area contributed by atoms with E-state index in [-0.39, 0.29) is 18.9 Å². The van der Waals surface area contributed by atoms with E-state index < -0.39 is 18.4 Å². The molecule has 0 saturated heterocycles. The van der Waals surface area contributed by atoms with Gasteiger partial charge in [-0.3, -0.25) is 14.4 Å². The number of carboxylic acids is 1. The monoisotopic (exact) mass is 722 g/mol. The minimum Gasteiger partial charge on any atom is -0.497 e. The Labute approximate surface area is 316 Å². The number of nitrogens with zero attached hydrogens (tertiary/aromatic N) is 3. The van der Waals surface area contributed by atoms with Crippen LogP contribution in [0.25, 0.3) is 17.0 Å². The number of carbonyl (C=O) groups excluding carboxylic acids is 2.